The van der Waals surface area contributed by atoms with E-state index in [4.69, 9.17) is 0 Å². The number of hydrogen-bond acceptors (Lipinski definition) is 4. The molecule has 0 aliphatic carbocycles. The molecule has 7 heteroatoms. The van der Waals surface area contributed by atoms with Crippen LogP contribution in [0.25, 0.3) is 0 Å². The molecule has 0 rings (SSSR count). The van der Waals surface area contributed by atoms with Crippen molar-refractivity contribution < 1.29 is 22.9 Å². The molecule has 0 heterocycles. The highest BCUT2D eigenvalue weighted by Crippen LogP contribution is 2.15. The van der Waals surface area contributed by atoms with Crippen molar-refractivity contribution in [3.8, 4) is 0 Å². The van der Waals surface area contributed by atoms with E-state index < -0.39 is 28.0 Å². The van der Waals surface area contributed by atoms with E-state index in [-0.39, 0.29) is 5.91 Å². The smallest absolute Gasteiger partial charge is 0.267 e. The van der Waals surface area contributed by atoms with Crippen LogP contribution in [0, 0.1) is 0 Å². The lowest BCUT2D eigenvalue weighted by Gasteiger charge is -2.21. The number of nitrogens with one attached hydrogen (secondary N) is 1. The maximum absolute atomic E-state index is 12.5. The summed E-state index contributed by atoms with van der Waals surface area (Å²) < 4.78 is 32.5. The van der Waals surface area contributed by atoms with Gasteiger partial charge in [-0.2, -0.15) is 8.42 Å². The Morgan fingerprint density at radius 1 is 0.531 bits per heavy atom. The third-order valence-electron chi connectivity index (χ3n) is 9.62. The number of rotatable bonds is 38. The van der Waals surface area contributed by atoms with E-state index in [2.05, 4.69) is 31.3 Å². The van der Waals surface area contributed by atoms with Crippen LogP contribution < -0.4 is 5.32 Å². The fourth-order valence-electron chi connectivity index (χ4n) is 6.44. The van der Waals surface area contributed by atoms with Crippen LogP contribution in [-0.4, -0.2) is 41.9 Å². The number of carbonyl (C=O) groups is 1. The highest BCUT2D eigenvalue weighted by Gasteiger charge is 2.24. The van der Waals surface area contributed by atoms with Gasteiger partial charge in [-0.25, -0.2) is 0 Å². The Labute approximate surface area is 304 Å². The second-order valence-electron chi connectivity index (χ2n) is 14.6. The summed E-state index contributed by atoms with van der Waals surface area (Å²) in [6.45, 7) is 4.52. The molecule has 0 saturated carbocycles. The lowest BCUT2D eigenvalue weighted by molar-refractivity contribution is -0.122. The van der Waals surface area contributed by atoms with Crippen molar-refractivity contribution >= 4 is 16.0 Å². The molecular weight excluding hydrogens is 631 g/mol. The van der Waals surface area contributed by atoms with Crippen LogP contribution >= 0.6 is 0 Å². The molecule has 0 spiro atoms. The van der Waals surface area contributed by atoms with Gasteiger partial charge in [0.25, 0.3) is 10.1 Å². The fourth-order valence-corrected chi connectivity index (χ4v) is 7.18. The van der Waals surface area contributed by atoms with Crippen LogP contribution in [0.5, 0.6) is 0 Å². The van der Waals surface area contributed by atoms with Gasteiger partial charge in [0.05, 0.1) is 17.9 Å². The summed E-state index contributed by atoms with van der Waals surface area (Å²) >= 11 is 0. The van der Waals surface area contributed by atoms with E-state index >= 15 is 0 Å². The van der Waals surface area contributed by atoms with Gasteiger partial charge in [0.2, 0.25) is 5.91 Å². The van der Waals surface area contributed by atoms with Gasteiger partial charge in [0.15, 0.2) is 0 Å². The molecule has 6 nitrogen and oxygen atoms in total. The maximum atomic E-state index is 12.5. The van der Waals surface area contributed by atoms with E-state index in [1.54, 1.807) is 6.08 Å². The lowest BCUT2D eigenvalue weighted by atomic mass is 10.0. The first-order valence-corrected chi connectivity index (χ1v) is 22.6. The molecule has 0 aromatic heterocycles. The minimum atomic E-state index is -4.34. The quantitative estimate of drug-likeness (QED) is 0.0336. The van der Waals surface area contributed by atoms with Crippen molar-refractivity contribution in [3.05, 3.63) is 24.3 Å². The van der Waals surface area contributed by atoms with Crippen molar-refractivity contribution in [1.29, 1.82) is 0 Å². The van der Waals surface area contributed by atoms with Crippen LogP contribution in [0.3, 0.4) is 0 Å². The summed E-state index contributed by atoms with van der Waals surface area (Å²) in [5.74, 6) is -0.978. The van der Waals surface area contributed by atoms with E-state index in [9.17, 15) is 22.9 Å². The largest absolute Gasteiger partial charge is 0.387 e. The van der Waals surface area contributed by atoms with Gasteiger partial charge in [-0.3, -0.25) is 9.35 Å². The molecule has 49 heavy (non-hydrogen) atoms. The minimum Gasteiger partial charge on any atom is -0.387 e. The molecule has 2 unspecified atom stereocenters. The third kappa shape index (κ3) is 37.9. The summed E-state index contributed by atoms with van der Waals surface area (Å²) in [7, 11) is -4.34. The Kier molecular flexibility index (Phi) is 35.7. The van der Waals surface area contributed by atoms with Crippen LogP contribution in [0.15, 0.2) is 24.3 Å². The predicted octanol–water partition coefficient (Wildman–Crippen LogP) is 12.4. The second kappa shape index (κ2) is 36.6. The topological polar surface area (TPSA) is 104 Å². The van der Waals surface area contributed by atoms with Crippen LogP contribution in [0.2, 0.25) is 0 Å². The molecular formula is C42H81NO5S. The maximum Gasteiger partial charge on any atom is 0.267 e. The molecule has 0 radical (unpaired) electrons. The predicted molar refractivity (Wildman–Crippen MR) is 212 cm³/mol. The first kappa shape index (κ1) is 47.8. The first-order chi connectivity index (χ1) is 23.8. The zero-order valence-corrected chi connectivity index (χ0v) is 33.1. The van der Waals surface area contributed by atoms with Crippen molar-refractivity contribution in [3.63, 3.8) is 0 Å². The van der Waals surface area contributed by atoms with Crippen LogP contribution in [0.1, 0.15) is 219 Å². The van der Waals surface area contributed by atoms with E-state index in [1.165, 1.54) is 154 Å². The van der Waals surface area contributed by atoms with Gasteiger partial charge in [-0.15, -0.1) is 0 Å². The van der Waals surface area contributed by atoms with Crippen molar-refractivity contribution in [2.45, 2.75) is 231 Å². The van der Waals surface area contributed by atoms with Crippen molar-refractivity contribution in [2.75, 3.05) is 5.75 Å². The van der Waals surface area contributed by atoms with Crippen molar-refractivity contribution in [2.24, 2.45) is 0 Å². The molecule has 0 bridgehead atoms. The average Bonchev–Trinajstić information content (AvgIpc) is 3.06. The number of unbranched alkanes of at least 4 members (excludes halogenated alkanes) is 28. The fraction of sp³-hybridized carbons (Fsp3) is 0.881. The van der Waals surface area contributed by atoms with Gasteiger partial charge in [0, 0.05) is 6.42 Å². The number of hydrogen-bond donors (Lipinski definition) is 3. The lowest BCUT2D eigenvalue weighted by Crippen LogP contribution is -2.46. The number of allylic oxidation sites excluding steroid dienone is 3. The van der Waals surface area contributed by atoms with Gasteiger partial charge >= 0.3 is 0 Å². The van der Waals surface area contributed by atoms with E-state index in [0.29, 0.717) is 6.42 Å². The summed E-state index contributed by atoms with van der Waals surface area (Å²) in [5.41, 5.74) is 0. The number of aliphatic hydroxyl groups excluding tert-OH is 1. The number of carbonyl (C=O) groups excluding carboxylic acids is 1. The number of aliphatic hydroxyl groups is 1. The van der Waals surface area contributed by atoms with E-state index in [1.807, 2.05) is 6.08 Å². The summed E-state index contributed by atoms with van der Waals surface area (Å²) in [6, 6.07) is -1.06. The zero-order valence-electron chi connectivity index (χ0n) is 32.3. The standard InChI is InChI=1S/C42H81NO5S/c1-3-5-7-9-11-13-15-17-19-21-22-24-26-28-30-32-34-36-38-42(45)43-40(39-49(46,47)48)41(44)37-35-33-31-29-27-25-23-20-18-16-14-12-10-8-6-4-2/h19,21,35,37,40-41,44H,3-18,20,22-34,36,38-39H2,1-2H3,(H,43,45)(H,46,47,48)/b21-19-,37-35+. The first-order valence-electron chi connectivity index (χ1n) is 21.0. The monoisotopic (exact) mass is 712 g/mol. The zero-order chi connectivity index (χ0) is 36.1. The molecule has 0 aromatic carbocycles. The average molecular weight is 712 g/mol. The molecule has 290 valence electrons. The summed E-state index contributed by atoms with van der Waals surface area (Å²) in [6.07, 6.45) is 45.9. The summed E-state index contributed by atoms with van der Waals surface area (Å²) in [4.78, 5) is 12.5. The second-order valence-corrected chi connectivity index (χ2v) is 16.1. The van der Waals surface area contributed by atoms with Gasteiger partial charge < -0.3 is 10.4 Å². The third-order valence-corrected chi connectivity index (χ3v) is 10.4. The Hall–Kier alpha value is -1.18. The molecule has 0 fully saturated rings. The van der Waals surface area contributed by atoms with Crippen LogP contribution in [-0.2, 0) is 14.9 Å². The molecule has 0 saturated heterocycles. The Bertz CT molecular complexity index is 872. The van der Waals surface area contributed by atoms with Gasteiger partial charge in [-0.05, 0) is 44.9 Å². The molecule has 3 N–H and O–H groups in total. The SMILES string of the molecule is CCCCCCCCC/C=C\CCCCCCCCCC(=O)NC(CS(=O)(=O)O)C(O)/C=C/CCCCCCCCCCCCCCCC. The minimum absolute atomic E-state index is 0.281. The van der Waals surface area contributed by atoms with E-state index in [0.717, 1.165) is 44.9 Å². The highest BCUT2D eigenvalue weighted by molar-refractivity contribution is 7.85. The number of amides is 1. The van der Waals surface area contributed by atoms with Gasteiger partial charge in [-0.1, -0.05) is 192 Å². The summed E-state index contributed by atoms with van der Waals surface area (Å²) in [5, 5.41) is 13.2. The molecule has 0 aliphatic rings. The van der Waals surface area contributed by atoms with Crippen LogP contribution in [0.4, 0.5) is 0 Å². The molecule has 0 aromatic rings. The Balaban J connectivity index is 3.90. The Morgan fingerprint density at radius 3 is 1.22 bits per heavy atom. The Morgan fingerprint density at radius 2 is 0.857 bits per heavy atom. The molecule has 2 atom stereocenters. The molecule has 1 amide bonds. The molecule has 0 aliphatic heterocycles. The highest BCUT2D eigenvalue weighted by atomic mass is 32.2. The normalized spacial score (nSPS) is 13.5. The van der Waals surface area contributed by atoms with Crippen molar-refractivity contribution in [1.82, 2.24) is 5.32 Å². The van der Waals surface area contributed by atoms with Gasteiger partial charge in [0.1, 0.15) is 0 Å².